The first-order chi connectivity index (χ1) is 33.5. The molecule has 2 atom stereocenters. The third-order valence-electron chi connectivity index (χ3n) is 13.1. The lowest BCUT2D eigenvalue weighted by Gasteiger charge is -2.35. The number of rotatable bonds is 24. The summed E-state index contributed by atoms with van der Waals surface area (Å²) in [4.78, 5) is 61.9. The molecule has 6 aromatic rings. The first-order valence-electron chi connectivity index (χ1n) is 24.6. The molecule has 0 aliphatic carbocycles. The summed E-state index contributed by atoms with van der Waals surface area (Å²) in [6.45, 7) is 6.90. The van der Waals surface area contributed by atoms with Gasteiger partial charge in [-0.25, -0.2) is 9.97 Å². The molecule has 69 heavy (non-hydrogen) atoms. The molecule has 0 spiro atoms. The van der Waals surface area contributed by atoms with Gasteiger partial charge in [-0.2, -0.15) is 10.2 Å². The van der Waals surface area contributed by atoms with Crippen LogP contribution in [0.25, 0.3) is 45.2 Å². The highest BCUT2D eigenvalue weighted by Gasteiger charge is 2.33. The number of carbonyl (C=O) groups excluding carboxylic acids is 4. The molecule has 0 bridgehead atoms. The van der Waals surface area contributed by atoms with E-state index in [0.717, 1.165) is 111 Å². The predicted molar refractivity (Wildman–Crippen MR) is 264 cm³/mol. The Labute approximate surface area is 405 Å². The summed E-state index contributed by atoms with van der Waals surface area (Å²) >= 11 is 0. The van der Waals surface area contributed by atoms with Gasteiger partial charge < -0.3 is 29.3 Å². The van der Waals surface area contributed by atoms with Gasteiger partial charge in [-0.1, -0.05) is 88.1 Å². The quantitative estimate of drug-likeness (QED) is 0.0489. The van der Waals surface area contributed by atoms with E-state index in [1.807, 2.05) is 100 Å². The number of hydrogen-bond donors (Lipinski definition) is 3. The van der Waals surface area contributed by atoms with Crippen molar-refractivity contribution in [2.75, 3.05) is 40.3 Å². The fourth-order valence-corrected chi connectivity index (χ4v) is 8.73. The van der Waals surface area contributed by atoms with Crippen LogP contribution in [0, 0.1) is 11.8 Å². The van der Waals surface area contributed by atoms with E-state index < -0.39 is 0 Å². The van der Waals surface area contributed by atoms with Gasteiger partial charge in [-0.15, -0.1) is 0 Å². The fourth-order valence-electron chi connectivity index (χ4n) is 8.73. The summed E-state index contributed by atoms with van der Waals surface area (Å²) in [5.74, 6) is 3.13. The number of nitrogens with zero attached hydrogens (tertiary/aromatic N) is 7. The second-order valence-corrected chi connectivity index (χ2v) is 18.5. The summed E-state index contributed by atoms with van der Waals surface area (Å²) in [6, 6.07) is 19.4. The number of aryl methyl sites for hydroxylation is 1. The van der Waals surface area contributed by atoms with E-state index in [0.29, 0.717) is 60.6 Å². The van der Waals surface area contributed by atoms with Gasteiger partial charge in [0, 0.05) is 82.4 Å². The van der Waals surface area contributed by atoms with Gasteiger partial charge in [-0.05, 0) is 63.0 Å². The molecule has 4 aromatic heterocycles. The van der Waals surface area contributed by atoms with Crippen molar-refractivity contribution in [2.24, 2.45) is 18.9 Å². The van der Waals surface area contributed by atoms with Crippen LogP contribution in [0.5, 0.6) is 0 Å². The molecule has 6 heterocycles. The van der Waals surface area contributed by atoms with Crippen LogP contribution in [-0.2, 0) is 26.2 Å². The van der Waals surface area contributed by atoms with Crippen LogP contribution >= 0.6 is 0 Å². The number of likely N-dealkylation sites (tertiary alicyclic amines) is 2. The van der Waals surface area contributed by atoms with Gasteiger partial charge in [-0.3, -0.25) is 29.0 Å². The topological polar surface area (TPSA) is 197 Å². The Kier molecular flexibility index (Phi) is 18.0. The number of benzene rings is 2. The molecule has 16 heteroatoms. The highest BCUT2D eigenvalue weighted by Crippen LogP contribution is 2.31. The Bertz CT molecular complexity index is 2550. The lowest BCUT2D eigenvalue weighted by molar-refractivity contribution is -0.131. The Morgan fingerprint density at radius 3 is 1.48 bits per heavy atom. The van der Waals surface area contributed by atoms with Gasteiger partial charge in [0.1, 0.15) is 23.7 Å². The number of unbranched alkanes of at least 4 members (excludes halogenated alkanes) is 4. The Morgan fingerprint density at radius 1 is 0.609 bits per heavy atom. The standard InChI is InChI=1S/C27H35N5O3.C26H33N5O3/c1-4-22(33)8-6-5-7-9-23(30-26(34)21-17-31(2)18-21)27-28-16-25(35-27)20-12-10-19(11-13-20)24-14-15-29-32(24)3;1-3-21(32)7-5-4-6-8-23(29-25(33)20-16-31(2)17-20)26-27-15-24(34-26)19-11-9-18(10-12-19)22-13-14-28-30-22/h10-16,21,23H,4-9,17-18H2,1-3H3,(H,30,34);9-15,20,23H,3-8,16-17H2,1-2H3,(H,28,30)(H,29,33)/t2*23-/m00/s1. The third-order valence-corrected chi connectivity index (χ3v) is 13.1. The van der Waals surface area contributed by atoms with E-state index in [-0.39, 0.29) is 35.7 Å². The van der Waals surface area contributed by atoms with Crippen LogP contribution < -0.4 is 10.6 Å². The molecule has 2 saturated heterocycles. The van der Waals surface area contributed by atoms with Gasteiger partial charge in [0.05, 0.1) is 35.6 Å². The molecule has 366 valence electrons. The number of aromatic nitrogens is 6. The number of oxazole rings is 2. The summed E-state index contributed by atoms with van der Waals surface area (Å²) in [6.07, 6.45) is 16.3. The fraction of sp³-hybridized carbons (Fsp3) is 0.472. The minimum absolute atomic E-state index is 0.0126. The number of Topliss-reactive ketones (excluding diaryl/α,β-unsaturated/α-hetero) is 2. The van der Waals surface area contributed by atoms with Crippen LogP contribution in [0.3, 0.4) is 0 Å². The number of H-pyrrole nitrogens is 1. The molecular formula is C53H68N10O6. The third kappa shape index (κ3) is 14.0. The van der Waals surface area contributed by atoms with Crippen LogP contribution in [-0.4, -0.2) is 103 Å². The highest BCUT2D eigenvalue weighted by atomic mass is 16.4. The zero-order valence-electron chi connectivity index (χ0n) is 40.8. The minimum Gasteiger partial charge on any atom is -0.438 e. The SMILES string of the molecule is CCC(=O)CCCCC[C@H](NC(=O)C1CN(C)C1)c1ncc(-c2ccc(-c3ccn[nH]3)cc2)o1.CCC(=O)CCCCC[C@H](NC(=O)C1CN(C)C1)c1ncc(-c2ccc(-c3ccnn3C)cc2)o1. The maximum Gasteiger partial charge on any atom is 0.226 e. The van der Waals surface area contributed by atoms with Crippen molar-refractivity contribution in [2.45, 2.75) is 103 Å². The summed E-state index contributed by atoms with van der Waals surface area (Å²) < 4.78 is 14.1. The van der Waals surface area contributed by atoms with Crippen molar-refractivity contribution in [3.05, 3.63) is 97.2 Å². The maximum atomic E-state index is 12.8. The molecular weight excluding hydrogens is 873 g/mol. The van der Waals surface area contributed by atoms with Crippen LogP contribution in [0.4, 0.5) is 0 Å². The Morgan fingerprint density at radius 2 is 1.07 bits per heavy atom. The van der Waals surface area contributed by atoms with E-state index in [1.54, 1.807) is 24.8 Å². The molecule has 8 rings (SSSR count). The number of carbonyl (C=O) groups is 4. The molecule has 0 radical (unpaired) electrons. The molecule has 2 aromatic carbocycles. The van der Waals surface area contributed by atoms with Crippen LogP contribution in [0.15, 0.2) is 94.3 Å². The molecule has 3 N–H and O–H groups in total. The zero-order chi connectivity index (χ0) is 48.7. The van der Waals surface area contributed by atoms with Crippen molar-refractivity contribution in [1.29, 1.82) is 0 Å². The number of ketones is 2. The van der Waals surface area contributed by atoms with Crippen molar-refractivity contribution in [3.63, 3.8) is 0 Å². The first-order valence-corrected chi connectivity index (χ1v) is 24.6. The van der Waals surface area contributed by atoms with Crippen molar-refractivity contribution >= 4 is 23.4 Å². The maximum absolute atomic E-state index is 12.8. The van der Waals surface area contributed by atoms with Crippen molar-refractivity contribution in [3.8, 4) is 45.2 Å². The average Bonchev–Trinajstić information content (AvgIpc) is 4.20. The number of hydrogen-bond acceptors (Lipinski definition) is 12. The molecule has 2 aliphatic heterocycles. The molecule has 0 saturated carbocycles. The van der Waals surface area contributed by atoms with Crippen LogP contribution in [0.1, 0.15) is 115 Å². The van der Waals surface area contributed by atoms with E-state index >= 15 is 0 Å². The van der Waals surface area contributed by atoms with E-state index in [4.69, 9.17) is 8.83 Å². The van der Waals surface area contributed by atoms with Crippen LogP contribution in [0.2, 0.25) is 0 Å². The predicted octanol–water partition coefficient (Wildman–Crippen LogP) is 8.77. The van der Waals surface area contributed by atoms with E-state index in [1.165, 1.54) is 0 Å². The van der Waals surface area contributed by atoms with Gasteiger partial charge in [0.25, 0.3) is 0 Å². The molecule has 0 unspecified atom stereocenters. The molecule has 16 nitrogen and oxygen atoms in total. The number of amides is 2. The Hall–Kier alpha value is -6.52. The first kappa shape index (κ1) is 50.4. The summed E-state index contributed by atoms with van der Waals surface area (Å²) in [7, 11) is 5.94. The lowest BCUT2D eigenvalue weighted by Crippen LogP contribution is -2.52. The molecule has 2 fully saturated rings. The largest absolute Gasteiger partial charge is 0.438 e. The number of aromatic amines is 1. The van der Waals surface area contributed by atoms with Crippen molar-refractivity contribution in [1.82, 2.24) is 50.4 Å². The average molecular weight is 941 g/mol. The van der Waals surface area contributed by atoms with E-state index in [2.05, 4.69) is 45.7 Å². The zero-order valence-corrected chi connectivity index (χ0v) is 40.8. The van der Waals surface area contributed by atoms with E-state index in [9.17, 15) is 19.2 Å². The van der Waals surface area contributed by atoms with Gasteiger partial charge in [0.15, 0.2) is 11.5 Å². The van der Waals surface area contributed by atoms with Gasteiger partial charge >= 0.3 is 0 Å². The molecule has 2 aliphatic rings. The smallest absolute Gasteiger partial charge is 0.226 e. The van der Waals surface area contributed by atoms with Gasteiger partial charge in [0.2, 0.25) is 23.6 Å². The Balaban J connectivity index is 0.000000204. The molecule has 2 amide bonds. The second-order valence-electron chi connectivity index (χ2n) is 18.5. The lowest BCUT2D eigenvalue weighted by atomic mass is 9.99. The second kappa shape index (κ2) is 24.7. The summed E-state index contributed by atoms with van der Waals surface area (Å²) in [5, 5.41) is 17.5. The monoisotopic (exact) mass is 941 g/mol. The minimum atomic E-state index is -0.280. The normalized spacial score (nSPS) is 15.1. The summed E-state index contributed by atoms with van der Waals surface area (Å²) in [5.41, 5.74) is 5.96. The van der Waals surface area contributed by atoms with Crippen molar-refractivity contribution < 1.29 is 28.0 Å². The highest BCUT2D eigenvalue weighted by molar-refractivity contribution is 5.81. The number of nitrogens with one attached hydrogen (secondary N) is 3.